The van der Waals surface area contributed by atoms with Crippen LogP contribution >= 0.6 is 23.5 Å². The van der Waals surface area contributed by atoms with Crippen molar-refractivity contribution in [2.45, 2.75) is 51.7 Å². The molecule has 25 heavy (non-hydrogen) atoms. The van der Waals surface area contributed by atoms with Gasteiger partial charge in [0.25, 0.3) is 0 Å². The summed E-state index contributed by atoms with van der Waals surface area (Å²) in [6.07, 6.45) is 3.65. The Labute approximate surface area is 162 Å². The van der Waals surface area contributed by atoms with E-state index in [1.807, 2.05) is 0 Å². The van der Waals surface area contributed by atoms with Gasteiger partial charge in [-0.1, -0.05) is 26.8 Å². The third kappa shape index (κ3) is 7.89. The molecule has 1 rings (SSSR count). The molecule has 0 radical (unpaired) electrons. The number of ketones is 1. The lowest BCUT2D eigenvalue weighted by Gasteiger charge is -2.36. The first kappa shape index (κ1) is 22.8. The predicted octanol–water partition coefficient (Wildman–Crippen LogP) is 4.51. The van der Waals surface area contributed by atoms with Crippen LogP contribution in [0, 0.1) is 5.92 Å². The molecule has 0 bridgehead atoms. The molecule has 0 fully saturated rings. The maximum atomic E-state index is 12.2. The Hall–Kier alpha value is -0.243. The summed E-state index contributed by atoms with van der Waals surface area (Å²) in [5.74, 6) is 2.49. The van der Waals surface area contributed by atoms with Gasteiger partial charge < -0.3 is 9.16 Å². The van der Waals surface area contributed by atoms with Crippen molar-refractivity contribution in [3.8, 4) is 0 Å². The van der Waals surface area contributed by atoms with E-state index in [4.69, 9.17) is 4.43 Å². The van der Waals surface area contributed by atoms with Gasteiger partial charge in [0.15, 0.2) is 14.1 Å². The first-order valence-corrected chi connectivity index (χ1v) is 13.8. The number of carbonyl (C=O) groups excluding carboxylic acids is 2. The highest BCUT2D eigenvalue weighted by Crippen LogP contribution is 2.38. The molecule has 0 aromatic carbocycles. The van der Waals surface area contributed by atoms with Crippen molar-refractivity contribution in [3.63, 3.8) is 0 Å². The Bertz CT molecular complexity index is 498. The molecule has 1 aliphatic carbocycles. The predicted molar refractivity (Wildman–Crippen MR) is 111 cm³/mol. The lowest BCUT2D eigenvalue weighted by Crippen LogP contribution is -2.41. The van der Waals surface area contributed by atoms with Crippen LogP contribution in [0.15, 0.2) is 11.0 Å². The second-order valence-electron chi connectivity index (χ2n) is 7.82. The van der Waals surface area contributed by atoms with Gasteiger partial charge in [-0.3, -0.25) is 9.59 Å². The number of Topliss-reactive ketones (excluding diaryl/α,β-unsaturated/α-hetero) is 1. The minimum Gasteiger partial charge on any atom is -0.468 e. The maximum Gasteiger partial charge on any atom is 0.315 e. The van der Waals surface area contributed by atoms with Gasteiger partial charge in [0, 0.05) is 23.9 Å². The second-order valence-corrected chi connectivity index (χ2v) is 14.9. The molecule has 1 atom stereocenters. The summed E-state index contributed by atoms with van der Waals surface area (Å²) in [5.41, 5.74) is 0. The van der Waals surface area contributed by atoms with Gasteiger partial charge in [0.05, 0.1) is 12.9 Å². The van der Waals surface area contributed by atoms with E-state index in [1.165, 1.54) is 7.11 Å². The number of carbonyl (C=O) groups is 2. The molecule has 0 spiro atoms. The van der Waals surface area contributed by atoms with Gasteiger partial charge in [-0.05, 0) is 36.1 Å². The fraction of sp³-hybridized carbons (Fsp3) is 0.778. The molecular weight excluding hydrogens is 372 g/mol. The molecule has 0 aromatic rings. The topological polar surface area (TPSA) is 52.6 Å². The Balaban J connectivity index is 2.31. The number of thioether (sulfide) groups is 2. The van der Waals surface area contributed by atoms with Gasteiger partial charge in [-0.15, -0.1) is 11.8 Å². The number of hydrogen-bond donors (Lipinski definition) is 0. The molecule has 0 unspecified atom stereocenters. The standard InChI is InChI=1S/C18H32O4S2Si/c1-18(2,3)25(5,6)22-12-14-10-15(19)16(11-14)24-9-7-8-23-13-17(20)21-4/h11,14H,7-10,12-13H2,1-6H3/t14-/m1/s1. The normalized spacial score (nSPS) is 18.4. The maximum absolute atomic E-state index is 12.2. The van der Waals surface area contributed by atoms with E-state index in [0.29, 0.717) is 18.8 Å². The molecule has 0 amide bonds. The van der Waals surface area contributed by atoms with E-state index in [2.05, 4.69) is 44.7 Å². The van der Waals surface area contributed by atoms with Crippen LogP contribution in [0.1, 0.15) is 33.6 Å². The lowest BCUT2D eigenvalue weighted by atomic mass is 10.1. The molecule has 0 N–H and O–H groups in total. The minimum atomic E-state index is -1.76. The number of esters is 1. The fourth-order valence-corrected chi connectivity index (χ4v) is 5.10. The number of methoxy groups -OCH3 is 1. The number of hydrogen-bond acceptors (Lipinski definition) is 6. The van der Waals surface area contributed by atoms with Crippen LogP contribution in [0.4, 0.5) is 0 Å². The van der Waals surface area contributed by atoms with Crippen LogP contribution < -0.4 is 0 Å². The van der Waals surface area contributed by atoms with E-state index < -0.39 is 8.32 Å². The van der Waals surface area contributed by atoms with E-state index in [9.17, 15) is 9.59 Å². The average molecular weight is 405 g/mol. The minimum absolute atomic E-state index is 0.184. The lowest BCUT2D eigenvalue weighted by molar-refractivity contribution is -0.137. The Morgan fingerprint density at radius 3 is 2.60 bits per heavy atom. The van der Waals surface area contributed by atoms with Crippen LogP contribution in [-0.4, -0.2) is 51.0 Å². The molecule has 4 nitrogen and oxygen atoms in total. The highest BCUT2D eigenvalue weighted by atomic mass is 32.2. The van der Waals surface area contributed by atoms with E-state index >= 15 is 0 Å². The summed E-state index contributed by atoms with van der Waals surface area (Å²) in [6.45, 7) is 11.8. The molecule has 0 heterocycles. The van der Waals surface area contributed by atoms with Crippen LogP contribution in [0.2, 0.25) is 18.1 Å². The summed E-state index contributed by atoms with van der Waals surface area (Å²) < 4.78 is 10.9. The number of allylic oxidation sites excluding steroid dienone is 1. The third-order valence-corrected chi connectivity index (χ3v) is 11.4. The summed E-state index contributed by atoms with van der Waals surface area (Å²) in [4.78, 5) is 24.1. The van der Waals surface area contributed by atoms with E-state index in [-0.39, 0.29) is 22.7 Å². The van der Waals surface area contributed by atoms with Crippen molar-refractivity contribution in [2.24, 2.45) is 5.92 Å². The summed E-state index contributed by atoms with van der Waals surface area (Å²) >= 11 is 3.21. The third-order valence-electron chi connectivity index (χ3n) is 4.71. The van der Waals surface area contributed by atoms with E-state index in [0.717, 1.165) is 22.8 Å². The zero-order valence-corrected chi connectivity index (χ0v) is 19.0. The Kier molecular flexibility index (Phi) is 9.29. The van der Waals surface area contributed by atoms with E-state index in [1.54, 1.807) is 23.5 Å². The molecule has 1 aliphatic rings. The van der Waals surface area contributed by atoms with Crippen LogP contribution in [0.3, 0.4) is 0 Å². The smallest absolute Gasteiger partial charge is 0.315 e. The Morgan fingerprint density at radius 1 is 1.32 bits per heavy atom. The number of ether oxygens (including phenoxy) is 1. The van der Waals surface area contributed by atoms with Crippen molar-refractivity contribution >= 4 is 43.6 Å². The zero-order valence-electron chi connectivity index (χ0n) is 16.3. The molecule has 0 saturated heterocycles. The van der Waals surface area contributed by atoms with Gasteiger partial charge in [0.2, 0.25) is 0 Å². The van der Waals surface area contributed by atoms with Crippen molar-refractivity contribution in [1.82, 2.24) is 0 Å². The molecule has 0 saturated carbocycles. The summed E-state index contributed by atoms with van der Waals surface area (Å²) in [5, 5.41) is 0.193. The van der Waals surface area contributed by atoms with Crippen molar-refractivity contribution in [3.05, 3.63) is 11.0 Å². The average Bonchev–Trinajstić information content (AvgIpc) is 2.87. The molecule has 0 aliphatic heterocycles. The first-order chi connectivity index (χ1) is 11.6. The van der Waals surface area contributed by atoms with Crippen molar-refractivity contribution < 1.29 is 18.8 Å². The molecule has 7 heteroatoms. The molecular formula is C18H32O4S2Si. The van der Waals surface area contributed by atoms with Crippen molar-refractivity contribution in [2.75, 3.05) is 31.0 Å². The van der Waals surface area contributed by atoms with Gasteiger partial charge in [-0.25, -0.2) is 0 Å². The quantitative estimate of drug-likeness (QED) is 0.303. The van der Waals surface area contributed by atoms with Crippen LogP contribution in [0.5, 0.6) is 0 Å². The van der Waals surface area contributed by atoms with Gasteiger partial charge >= 0.3 is 5.97 Å². The first-order valence-electron chi connectivity index (χ1n) is 8.73. The summed E-state index contributed by atoms with van der Waals surface area (Å²) in [7, 11) is -0.352. The highest BCUT2D eigenvalue weighted by molar-refractivity contribution is 8.04. The second kappa shape index (κ2) is 10.2. The van der Waals surface area contributed by atoms with Crippen LogP contribution in [0.25, 0.3) is 0 Å². The molecule has 0 aromatic heterocycles. The summed E-state index contributed by atoms with van der Waals surface area (Å²) in [6, 6.07) is 0. The highest BCUT2D eigenvalue weighted by Gasteiger charge is 2.38. The van der Waals surface area contributed by atoms with Gasteiger partial charge in [-0.2, -0.15) is 11.8 Å². The Morgan fingerprint density at radius 2 is 2.00 bits per heavy atom. The van der Waals surface area contributed by atoms with Crippen molar-refractivity contribution in [1.29, 1.82) is 0 Å². The number of rotatable bonds is 10. The largest absolute Gasteiger partial charge is 0.468 e. The molecule has 144 valence electrons. The van der Waals surface area contributed by atoms with Gasteiger partial charge in [0.1, 0.15) is 0 Å². The SMILES string of the molecule is COC(=O)CSCCCSC1=C[C@H](CO[Si](C)(C)C(C)(C)C)CC1=O. The fourth-order valence-electron chi connectivity index (χ4n) is 2.03. The monoisotopic (exact) mass is 404 g/mol. The van der Waals surface area contributed by atoms with Crippen LogP contribution in [-0.2, 0) is 18.8 Å². The zero-order chi connectivity index (χ0) is 19.1.